The molecule has 3 aromatic rings. The number of rotatable bonds is 4. The summed E-state index contributed by atoms with van der Waals surface area (Å²) in [4.78, 5) is 12.0. The molecule has 116 valence electrons. The molecule has 0 unspecified atom stereocenters. The van der Waals surface area contributed by atoms with E-state index in [1.165, 1.54) is 0 Å². The number of furan rings is 1. The quantitative estimate of drug-likeness (QED) is 0.542. The van der Waals surface area contributed by atoms with E-state index in [0.29, 0.717) is 11.5 Å². The summed E-state index contributed by atoms with van der Waals surface area (Å²) in [5.41, 5.74) is 4.19. The lowest BCUT2D eigenvalue weighted by molar-refractivity contribution is 0.0950. The molecule has 3 rings (SSSR count). The molecule has 0 saturated heterocycles. The van der Waals surface area contributed by atoms with Gasteiger partial charge in [-0.15, -0.1) is 0 Å². The van der Waals surface area contributed by atoms with Crippen molar-refractivity contribution in [2.24, 2.45) is 5.10 Å². The van der Waals surface area contributed by atoms with Gasteiger partial charge in [-0.3, -0.25) is 9.89 Å². The molecule has 0 spiro atoms. The summed E-state index contributed by atoms with van der Waals surface area (Å²) in [5.74, 6) is 1.02. The standard InChI is InChI=1S/C16H13BrN4O2/c1-10-2-7-15(23-10)13-8-14(20-19-13)16(22)21-18-9-11-3-5-12(17)6-4-11/h2-9H,1H3,(H,19,20)(H,21,22)/b18-9+. The van der Waals surface area contributed by atoms with Crippen LogP contribution in [0.15, 0.2) is 56.5 Å². The van der Waals surface area contributed by atoms with Crippen molar-refractivity contribution in [2.75, 3.05) is 0 Å². The van der Waals surface area contributed by atoms with Crippen LogP contribution in [0.4, 0.5) is 0 Å². The number of nitrogens with zero attached hydrogens (tertiary/aromatic N) is 2. The number of carbonyl (C=O) groups excluding carboxylic acids is 1. The number of halogens is 1. The molecule has 0 fully saturated rings. The van der Waals surface area contributed by atoms with Crippen molar-refractivity contribution >= 4 is 28.1 Å². The first-order valence-corrected chi connectivity index (χ1v) is 7.62. The van der Waals surface area contributed by atoms with Crippen LogP contribution < -0.4 is 5.43 Å². The largest absolute Gasteiger partial charge is 0.460 e. The number of hydrazone groups is 1. The van der Waals surface area contributed by atoms with E-state index in [9.17, 15) is 4.79 Å². The maximum absolute atomic E-state index is 12.0. The lowest BCUT2D eigenvalue weighted by Crippen LogP contribution is -2.17. The van der Waals surface area contributed by atoms with E-state index in [-0.39, 0.29) is 5.69 Å². The van der Waals surface area contributed by atoms with Gasteiger partial charge in [0.05, 0.1) is 6.21 Å². The van der Waals surface area contributed by atoms with Crippen LogP contribution in [-0.2, 0) is 0 Å². The summed E-state index contributed by atoms with van der Waals surface area (Å²) in [7, 11) is 0. The second-order valence-electron chi connectivity index (χ2n) is 4.83. The van der Waals surface area contributed by atoms with E-state index < -0.39 is 5.91 Å². The number of aromatic nitrogens is 2. The number of aryl methyl sites for hydroxylation is 1. The predicted octanol–water partition coefficient (Wildman–Crippen LogP) is 3.50. The molecule has 0 aliphatic heterocycles. The average molecular weight is 373 g/mol. The van der Waals surface area contributed by atoms with Gasteiger partial charge >= 0.3 is 0 Å². The molecule has 0 bridgehead atoms. The lowest BCUT2D eigenvalue weighted by Gasteiger charge is -1.95. The van der Waals surface area contributed by atoms with E-state index in [4.69, 9.17) is 4.42 Å². The molecule has 23 heavy (non-hydrogen) atoms. The van der Waals surface area contributed by atoms with Gasteiger partial charge < -0.3 is 4.42 Å². The Morgan fingerprint density at radius 1 is 1.30 bits per heavy atom. The van der Waals surface area contributed by atoms with Gasteiger partial charge in [0.15, 0.2) is 11.5 Å². The Morgan fingerprint density at radius 2 is 2.09 bits per heavy atom. The van der Waals surface area contributed by atoms with Crippen LogP contribution in [0.1, 0.15) is 21.8 Å². The SMILES string of the molecule is Cc1ccc(-c2cc(C(=O)N/N=C/c3ccc(Br)cc3)n[nH]2)o1. The number of nitrogens with one attached hydrogen (secondary N) is 2. The highest BCUT2D eigenvalue weighted by Crippen LogP contribution is 2.20. The van der Waals surface area contributed by atoms with Gasteiger partial charge in [0.1, 0.15) is 11.5 Å². The molecule has 1 aromatic carbocycles. The zero-order valence-corrected chi connectivity index (χ0v) is 13.8. The number of aromatic amines is 1. The molecule has 0 saturated carbocycles. The molecule has 7 heteroatoms. The van der Waals surface area contributed by atoms with Crippen molar-refractivity contribution < 1.29 is 9.21 Å². The van der Waals surface area contributed by atoms with Crippen molar-refractivity contribution in [3.05, 3.63) is 64.0 Å². The van der Waals surface area contributed by atoms with Gasteiger partial charge in [0, 0.05) is 10.5 Å². The summed E-state index contributed by atoms with van der Waals surface area (Å²) >= 11 is 3.36. The maximum atomic E-state index is 12.0. The summed E-state index contributed by atoms with van der Waals surface area (Å²) in [6.45, 7) is 1.85. The third-order valence-corrected chi connectivity index (χ3v) is 3.59. The van der Waals surface area contributed by atoms with Crippen LogP contribution in [0.2, 0.25) is 0 Å². The first kappa shape index (κ1) is 15.2. The molecule has 6 nitrogen and oxygen atoms in total. The van der Waals surface area contributed by atoms with E-state index in [1.807, 2.05) is 43.3 Å². The zero-order valence-electron chi connectivity index (χ0n) is 12.2. The highest BCUT2D eigenvalue weighted by atomic mass is 79.9. The topological polar surface area (TPSA) is 83.3 Å². The van der Waals surface area contributed by atoms with Crippen molar-refractivity contribution in [1.82, 2.24) is 15.6 Å². The number of benzene rings is 1. The monoisotopic (exact) mass is 372 g/mol. The van der Waals surface area contributed by atoms with Crippen molar-refractivity contribution in [1.29, 1.82) is 0 Å². The van der Waals surface area contributed by atoms with Crippen LogP contribution in [0, 0.1) is 6.92 Å². The van der Waals surface area contributed by atoms with Gasteiger partial charge in [-0.05, 0) is 36.8 Å². The maximum Gasteiger partial charge on any atom is 0.291 e. The zero-order chi connectivity index (χ0) is 16.2. The summed E-state index contributed by atoms with van der Waals surface area (Å²) in [5, 5.41) is 10.6. The van der Waals surface area contributed by atoms with Crippen molar-refractivity contribution in [3.8, 4) is 11.5 Å². The number of carbonyl (C=O) groups is 1. The Kier molecular flexibility index (Phi) is 4.38. The molecular weight excluding hydrogens is 360 g/mol. The molecule has 2 aromatic heterocycles. The minimum atomic E-state index is -0.399. The number of amides is 1. The predicted molar refractivity (Wildman–Crippen MR) is 90.2 cm³/mol. The van der Waals surface area contributed by atoms with Crippen LogP contribution in [-0.4, -0.2) is 22.3 Å². The molecule has 2 heterocycles. The van der Waals surface area contributed by atoms with Crippen LogP contribution in [0.5, 0.6) is 0 Å². The molecule has 0 atom stereocenters. The van der Waals surface area contributed by atoms with Gasteiger partial charge in [-0.1, -0.05) is 28.1 Å². The van der Waals surface area contributed by atoms with Crippen LogP contribution in [0.3, 0.4) is 0 Å². The Balaban J connectivity index is 1.64. The first-order valence-electron chi connectivity index (χ1n) is 6.83. The fraction of sp³-hybridized carbons (Fsp3) is 0.0625. The van der Waals surface area contributed by atoms with E-state index in [1.54, 1.807) is 12.3 Å². The normalized spacial score (nSPS) is 11.0. The second-order valence-corrected chi connectivity index (χ2v) is 5.74. The number of hydrogen-bond acceptors (Lipinski definition) is 4. The molecule has 0 aliphatic carbocycles. The van der Waals surface area contributed by atoms with Gasteiger partial charge in [0.25, 0.3) is 5.91 Å². The molecular formula is C16H13BrN4O2. The van der Waals surface area contributed by atoms with Crippen molar-refractivity contribution in [2.45, 2.75) is 6.92 Å². The highest BCUT2D eigenvalue weighted by Gasteiger charge is 2.12. The Morgan fingerprint density at radius 3 is 2.78 bits per heavy atom. The number of hydrogen-bond donors (Lipinski definition) is 2. The Labute approximate surface area is 140 Å². The molecule has 2 N–H and O–H groups in total. The van der Waals surface area contributed by atoms with Gasteiger partial charge in [-0.2, -0.15) is 10.2 Å². The van der Waals surface area contributed by atoms with E-state index in [2.05, 4.69) is 36.7 Å². The fourth-order valence-corrected chi connectivity index (χ4v) is 2.18. The minimum Gasteiger partial charge on any atom is -0.460 e. The minimum absolute atomic E-state index is 0.238. The first-order chi connectivity index (χ1) is 11.1. The molecule has 0 aliphatic rings. The third kappa shape index (κ3) is 3.75. The second kappa shape index (κ2) is 6.62. The van der Waals surface area contributed by atoms with Crippen molar-refractivity contribution in [3.63, 3.8) is 0 Å². The van der Waals surface area contributed by atoms with Crippen LogP contribution >= 0.6 is 15.9 Å². The average Bonchev–Trinajstić information content (AvgIpc) is 3.18. The van der Waals surface area contributed by atoms with E-state index >= 15 is 0 Å². The lowest BCUT2D eigenvalue weighted by atomic mass is 10.2. The van der Waals surface area contributed by atoms with Gasteiger partial charge in [0.2, 0.25) is 0 Å². The Bertz CT molecular complexity index is 849. The summed E-state index contributed by atoms with van der Waals surface area (Å²) in [6, 6.07) is 12.8. The third-order valence-electron chi connectivity index (χ3n) is 3.07. The molecule has 0 radical (unpaired) electrons. The van der Waals surface area contributed by atoms with Crippen LogP contribution in [0.25, 0.3) is 11.5 Å². The Hall–Kier alpha value is -2.67. The smallest absolute Gasteiger partial charge is 0.291 e. The summed E-state index contributed by atoms with van der Waals surface area (Å²) < 4.78 is 6.46. The van der Waals surface area contributed by atoms with E-state index in [0.717, 1.165) is 15.8 Å². The fourth-order valence-electron chi connectivity index (χ4n) is 1.92. The van der Waals surface area contributed by atoms with Gasteiger partial charge in [-0.25, -0.2) is 5.43 Å². The summed E-state index contributed by atoms with van der Waals surface area (Å²) in [6.07, 6.45) is 1.56. The number of H-pyrrole nitrogens is 1. The highest BCUT2D eigenvalue weighted by molar-refractivity contribution is 9.10. The molecule has 1 amide bonds.